The van der Waals surface area contributed by atoms with Crippen molar-refractivity contribution in [3.63, 3.8) is 0 Å². The number of rotatable bonds is 6. The molecule has 0 aliphatic carbocycles. The Labute approximate surface area is 163 Å². The van der Waals surface area contributed by atoms with Crippen molar-refractivity contribution in [2.45, 2.75) is 0 Å². The Morgan fingerprint density at radius 3 is 1.92 bits per heavy atom. The molecule has 1 N–H and O–H groups in total. The Kier molecular flexibility index (Phi) is 6.09. The number of aromatic nitrogens is 2. The van der Waals surface area contributed by atoms with Gasteiger partial charge < -0.3 is 10.2 Å². The lowest BCUT2D eigenvalue weighted by Gasteiger charge is -2.14. The molecule has 3 rings (SSSR count). The maximum atomic E-state index is 6.04. The highest BCUT2D eigenvalue weighted by atomic mass is 35.5. The van der Waals surface area contributed by atoms with Gasteiger partial charge in [0.2, 0.25) is 0 Å². The van der Waals surface area contributed by atoms with Gasteiger partial charge in [-0.15, -0.1) is 0 Å². The van der Waals surface area contributed by atoms with Gasteiger partial charge in [0.25, 0.3) is 0 Å². The maximum Gasteiger partial charge on any atom is 0.145 e. The van der Waals surface area contributed by atoms with Crippen LogP contribution in [-0.4, -0.2) is 42.1 Å². The van der Waals surface area contributed by atoms with Gasteiger partial charge in [0.1, 0.15) is 5.82 Å². The van der Waals surface area contributed by atoms with Crippen molar-refractivity contribution < 1.29 is 0 Å². The zero-order valence-electron chi connectivity index (χ0n) is 14.7. The summed E-state index contributed by atoms with van der Waals surface area (Å²) >= 11 is 12.1. The Morgan fingerprint density at radius 2 is 1.38 bits per heavy atom. The van der Waals surface area contributed by atoms with Crippen LogP contribution in [0.1, 0.15) is 0 Å². The molecule has 6 heteroatoms. The van der Waals surface area contributed by atoms with Crippen molar-refractivity contribution >= 4 is 29.0 Å². The molecule has 26 heavy (non-hydrogen) atoms. The first-order valence-electron chi connectivity index (χ1n) is 8.30. The Bertz CT molecular complexity index is 862. The largest absolute Gasteiger partial charge is 0.367 e. The molecule has 4 nitrogen and oxygen atoms in total. The van der Waals surface area contributed by atoms with E-state index in [0.29, 0.717) is 10.0 Å². The highest BCUT2D eigenvalue weighted by Gasteiger charge is 2.12. The van der Waals surface area contributed by atoms with E-state index in [2.05, 4.69) is 15.2 Å². The Balaban J connectivity index is 2.00. The number of anilines is 1. The van der Waals surface area contributed by atoms with Crippen LogP contribution in [0.15, 0.2) is 54.7 Å². The first kappa shape index (κ1) is 18.6. The molecule has 0 bridgehead atoms. The summed E-state index contributed by atoms with van der Waals surface area (Å²) in [6, 6.07) is 15.2. The minimum Gasteiger partial charge on any atom is -0.367 e. The first-order chi connectivity index (χ1) is 12.5. The summed E-state index contributed by atoms with van der Waals surface area (Å²) < 4.78 is 0. The predicted octanol–water partition coefficient (Wildman–Crippen LogP) is 5.09. The fourth-order valence-electron chi connectivity index (χ4n) is 2.51. The van der Waals surface area contributed by atoms with Crippen molar-refractivity contribution in [1.29, 1.82) is 0 Å². The topological polar surface area (TPSA) is 41.0 Å². The van der Waals surface area contributed by atoms with Crippen molar-refractivity contribution in [3.05, 3.63) is 64.8 Å². The van der Waals surface area contributed by atoms with Crippen LogP contribution in [0.4, 0.5) is 5.82 Å². The Hall–Kier alpha value is -2.14. The van der Waals surface area contributed by atoms with Crippen molar-refractivity contribution in [2.24, 2.45) is 0 Å². The number of hydrogen-bond donors (Lipinski definition) is 1. The predicted molar refractivity (Wildman–Crippen MR) is 110 cm³/mol. The third kappa shape index (κ3) is 4.73. The van der Waals surface area contributed by atoms with Crippen LogP contribution in [0.2, 0.25) is 10.0 Å². The molecule has 0 unspecified atom stereocenters. The molecular formula is C20H20Cl2N4. The summed E-state index contributed by atoms with van der Waals surface area (Å²) in [7, 11) is 4.08. The van der Waals surface area contributed by atoms with Crippen LogP contribution in [-0.2, 0) is 0 Å². The van der Waals surface area contributed by atoms with E-state index < -0.39 is 0 Å². The normalized spacial score (nSPS) is 11.0. The van der Waals surface area contributed by atoms with E-state index in [1.54, 1.807) is 6.20 Å². The van der Waals surface area contributed by atoms with Crippen LogP contribution in [0.5, 0.6) is 0 Å². The lowest BCUT2D eigenvalue weighted by Crippen LogP contribution is -2.21. The van der Waals surface area contributed by atoms with E-state index in [0.717, 1.165) is 41.4 Å². The molecule has 0 radical (unpaired) electrons. The third-order valence-electron chi connectivity index (χ3n) is 3.87. The molecule has 3 aromatic rings. The van der Waals surface area contributed by atoms with E-state index in [1.165, 1.54) is 0 Å². The second-order valence-electron chi connectivity index (χ2n) is 6.20. The first-order valence-corrected chi connectivity index (χ1v) is 9.06. The SMILES string of the molecule is CN(C)CCNc1cnc(-c2ccc(Cl)cc2)c(-c2ccc(Cl)cc2)n1. The number of nitrogens with one attached hydrogen (secondary N) is 1. The monoisotopic (exact) mass is 386 g/mol. The maximum absolute atomic E-state index is 6.04. The van der Waals surface area contributed by atoms with Gasteiger partial charge in [-0.1, -0.05) is 47.5 Å². The molecule has 2 aromatic carbocycles. The van der Waals surface area contributed by atoms with E-state index in [1.807, 2.05) is 62.6 Å². The lowest BCUT2D eigenvalue weighted by molar-refractivity contribution is 0.425. The van der Waals surface area contributed by atoms with Crippen LogP contribution in [0, 0.1) is 0 Å². The second-order valence-corrected chi connectivity index (χ2v) is 7.07. The van der Waals surface area contributed by atoms with Gasteiger partial charge in [0.15, 0.2) is 0 Å². The number of halogens is 2. The molecule has 0 aliphatic heterocycles. The van der Waals surface area contributed by atoms with E-state index in [9.17, 15) is 0 Å². The summed E-state index contributed by atoms with van der Waals surface area (Å²) in [6.45, 7) is 1.71. The lowest BCUT2D eigenvalue weighted by atomic mass is 10.0. The number of hydrogen-bond acceptors (Lipinski definition) is 4. The van der Waals surface area contributed by atoms with Crippen LogP contribution in [0.3, 0.4) is 0 Å². The van der Waals surface area contributed by atoms with Gasteiger partial charge in [0.05, 0.1) is 17.6 Å². The average Bonchev–Trinajstić information content (AvgIpc) is 2.63. The molecule has 1 heterocycles. The number of benzene rings is 2. The molecule has 0 fully saturated rings. The smallest absolute Gasteiger partial charge is 0.145 e. The van der Waals surface area contributed by atoms with Gasteiger partial charge in [-0.2, -0.15) is 0 Å². The van der Waals surface area contributed by atoms with E-state index in [4.69, 9.17) is 28.2 Å². The number of nitrogens with zero attached hydrogens (tertiary/aromatic N) is 3. The molecule has 0 amide bonds. The second kappa shape index (κ2) is 8.49. The highest BCUT2D eigenvalue weighted by molar-refractivity contribution is 6.31. The van der Waals surface area contributed by atoms with Crippen LogP contribution < -0.4 is 5.32 Å². The van der Waals surface area contributed by atoms with Gasteiger partial charge in [0, 0.05) is 34.3 Å². The van der Waals surface area contributed by atoms with E-state index >= 15 is 0 Å². The van der Waals surface area contributed by atoms with Crippen molar-refractivity contribution in [1.82, 2.24) is 14.9 Å². The fraction of sp³-hybridized carbons (Fsp3) is 0.200. The average molecular weight is 387 g/mol. The molecule has 0 saturated carbocycles. The zero-order chi connectivity index (χ0) is 18.5. The molecule has 0 spiro atoms. The summed E-state index contributed by atoms with van der Waals surface area (Å²) in [5.41, 5.74) is 3.54. The van der Waals surface area contributed by atoms with Gasteiger partial charge in [-0.3, -0.25) is 4.98 Å². The summed E-state index contributed by atoms with van der Waals surface area (Å²) in [5, 5.41) is 4.70. The molecule has 0 saturated heterocycles. The molecule has 134 valence electrons. The minimum absolute atomic E-state index is 0.690. The third-order valence-corrected chi connectivity index (χ3v) is 4.38. The summed E-state index contributed by atoms with van der Waals surface area (Å²) in [5.74, 6) is 0.745. The highest BCUT2D eigenvalue weighted by Crippen LogP contribution is 2.31. The Morgan fingerprint density at radius 1 is 0.846 bits per heavy atom. The number of likely N-dealkylation sites (N-methyl/N-ethyl adjacent to an activating group) is 1. The molecule has 0 atom stereocenters. The van der Waals surface area contributed by atoms with Crippen molar-refractivity contribution in [3.8, 4) is 22.5 Å². The molecule has 0 aliphatic rings. The van der Waals surface area contributed by atoms with Gasteiger partial charge in [-0.25, -0.2) is 4.98 Å². The fourth-order valence-corrected chi connectivity index (χ4v) is 2.76. The van der Waals surface area contributed by atoms with Crippen molar-refractivity contribution in [2.75, 3.05) is 32.5 Å². The molecular weight excluding hydrogens is 367 g/mol. The quantitative estimate of drug-likeness (QED) is 0.640. The van der Waals surface area contributed by atoms with Crippen LogP contribution in [0.25, 0.3) is 22.5 Å². The van der Waals surface area contributed by atoms with Gasteiger partial charge in [-0.05, 0) is 38.4 Å². The zero-order valence-corrected chi connectivity index (χ0v) is 16.2. The standard InChI is InChI=1S/C20H20Cl2N4/c1-26(2)12-11-23-18-13-24-19(14-3-7-16(21)8-4-14)20(25-18)15-5-9-17(22)10-6-15/h3-10,13H,11-12H2,1-2H3,(H,23,25). The summed E-state index contributed by atoms with van der Waals surface area (Å²) in [4.78, 5) is 11.6. The summed E-state index contributed by atoms with van der Waals surface area (Å²) in [6.07, 6.45) is 1.76. The minimum atomic E-state index is 0.690. The van der Waals surface area contributed by atoms with Crippen LogP contribution >= 0.6 is 23.2 Å². The van der Waals surface area contributed by atoms with E-state index in [-0.39, 0.29) is 0 Å². The van der Waals surface area contributed by atoms with Gasteiger partial charge >= 0.3 is 0 Å². The molecule has 1 aromatic heterocycles.